The highest BCUT2D eigenvalue weighted by molar-refractivity contribution is 5.20. The number of aryl methyl sites for hydroxylation is 1. The van der Waals surface area contributed by atoms with Crippen LogP contribution in [-0.2, 0) is 19.4 Å². The van der Waals surface area contributed by atoms with E-state index in [1.54, 1.807) is 6.20 Å². The molecule has 0 aliphatic heterocycles. The highest BCUT2D eigenvalue weighted by Gasteiger charge is 2.06. The molecular formula is C14H20N4O2. The van der Waals surface area contributed by atoms with Gasteiger partial charge in [-0.1, -0.05) is 12.1 Å². The van der Waals surface area contributed by atoms with Gasteiger partial charge in [0, 0.05) is 24.6 Å². The molecule has 2 N–H and O–H groups in total. The molecule has 0 aliphatic carbocycles. The normalized spacial score (nSPS) is 12.3. The van der Waals surface area contributed by atoms with E-state index in [4.69, 9.17) is 15.0 Å². The van der Waals surface area contributed by atoms with Gasteiger partial charge in [0.15, 0.2) is 6.61 Å². The van der Waals surface area contributed by atoms with E-state index in [1.165, 1.54) is 0 Å². The maximum absolute atomic E-state index is 5.73. The second-order valence-corrected chi connectivity index (χ2v) is 4.81. The summed E-state index contributed by atoms with van der Waals surface area (Å²) in [6.07, 6.45) is 4.21. The average molecular weight is 276 g/mol. The predicted molar refractivity (Wildman–Crippen MR) is 74.2 cm³/mol. The molecule has 6 nitrogen and oxygen atoms in total. The van der Waals surface area contributed by atoms with Crippen LogP contribution in [0.4, 0.5) is 0 Å². The molecule has 0 bridgehead atoms. The Hall–Kier alpha value is -1.95. The van der Waals surface area contributed by atoms with E-state index in [9.17, 15) is 0 Å². The van der Waals surface area contributed by atoms with Gasteiger partial charge < -0.3 is 15.0 Å². The van der Waals surface area contributed by atoms with Gasteiger partial charge in [-0.05, 0) is 25.5 Å². The highest BCUT2D eigenvalue weighted by Crippen LogP contribution is 2.12. The smallest absolute Gasteiger partial charge is 0.226 e. The molecule has 0 aliphatic rings. The Labute approximate surface area is 118 Å². The van der Waals surface area contributed by atoms with E-state index >= 15 is 0 Å². The first kappa shape index (κ1) is 14.5. The molecule has 6 heteroatoms. The summed E-state index contributed by atoms with van der Waals surface area (Å²) in [6, 6.07) is 3.89. The van der Waals surface area contributed by atoms with E-state index < -0.39 is 0 Å². The van der Waals surface area contributed by atoms with Crippen LogP contribution in [0.2, 0.25) is 0 Å². The van der Waals surface area contributed by atoms with Crippen LogP contribution in [0.1, 0.15) is 37.7 Å². The summed E-state index contributed by atoms with van der Waals surface area (Å²) in [5, 5.41) is 3.86. The van der Waals surface area contributed by atoms with Crippen molar-refractivity contribution in [3.05, 3.63) is 35.7 Å². The molecule has 1 atom stereocenters. The fraction of sp³-hybridized carbons (Fsp3) is 0.500. The lowest BCUT2D eigenvalue weighted by atomic mass is 10.2. The van der Waals surface area contributed by atoms with E-state index in [-0.39, 0.29) is 12.6 Å². The molecule has 2 heterocycles. The molecule has 0 amide bonds. The van der Waals surface area contributed by atoms with E-state index in [2.05, 4.69) is 22.0 Å². The Morgan fingerprint density at radius 1 is 1.40 bits per heavy atom. The number of hydrogen-bond donors (Lipinski definition) is 1. The Morgan fingerprint density at radius 2 is 2.25 bits per heavy atom. The second-order valence-electron chi connectivity index (χ2n) is 4.81. The third kappa shape index (κ3) is 4.31. The highest BCUT2D eigenvalue weighted by atomic mass is 16.5. The topological polar surface area (TPSA) is 87.1 Å². The van der Waals surface area contributed by atoms with Crippen molar-refractivity contribution >= 4 is 0 Å². The predicted octanol–water partition coefficient (Wildman–Crippen LogP) is 1.89. The van der Waals surface area contributed by atoms with Crippen LogP contribution >= 0.6 is 0 Å². The zero-order valence-electron chi connectivity index (χ0n) is 11.9. The average Bonchev–Trinajstić information content (AvgIpc) is 2.86. The zero-order chi connectivity index (χ0) is 14.4. The third-order valence-electron chi connectivity index (χ3n) is 2.67. The molecule has 0 fully saturated rings. The molecule has 0 radical (unpaired) electrons. The summed E-state index contributed by atoms with van der Waals surface area (Å²) in [7, 11) is 0. The number of rotatable bonds is 7. The van der Waals surface area contributed by atoms with Crippen molar-refractivity contribution in [2.24, 2.45) is 5.73 Å². The van der Waals surface area contributed by atoms with Crippen LogP contribution in [-0.4, -0.2) is 21.2 Å². The SMILES string of the molecule is CCCc1nc(COc2ccc(CC(C)N)nc2)no1. The van der Waals surface area contributed by atoms with Gasteiger partial charge in [0.25, 0.3) is 0 Å². The van der Waals surface area contributed by atoms with Crippen molar-refractivity contribution in [2.45, 2.75) is 45.8 Å². The van der Waals surface area contributed by atoms with Crippen LogP contribution in [0.3, 0.4) is 0 Å². The molecule has 0 saturated heterocycles. The maximum atomic E-state index is 5.73. The molecule has 2 aromatic rings. The van der Waals surface area contributed by atoms with Crippen molar-refractivity contribution in [3.8, 4) is 5.75 Å². The van der Waals surface area contributed by atoms with Crippen LogP contribution in [0.5, 0.6) is 5.75 Å². The molecular weight excluding hydrogens is 256 g/mol. The number of pyridine rings is 1. The van der Waals surface area contributed by atoms with Gasteiger partial charge >= 0.3 is 0 Å². The standard InChI is InChI=1S/C14H20N4O2/c1-3-4-14-17-13(18-20-14)9-19-12-6-5-11(16-8-12)7-10(2)15/h5-6,8,10H,3-4,7,9,15H2,1-2H3. The summed E-state index contributed by atoms with van der Waals surface area (Å²) in [4.78, 5) is 8.53. The van der Waals surface area contributed by atoms with Gasteiger partial charge in [-0.3, -0.25) is 4.98 Å². The molecule has 20 heavy (non-hydrogen) atoms. The summed E-state index contributed by atoms with van der Waals surface area (Å²) in [5.41, 5.74) is 6.68. The minimum absolute atomic E-state index is 0.102. The van der Waals surface area contributed by atoms with Crippen molar-refractivity contribution in [3.63, 3.8) is 0 Å². The van der Waals surface area contributed by atoms with E-state index in [0.717, 1.165) is 25.0 Å². The van der Waals surface area contributed by atoms with Gasteiger partial charge in [0.2, 0.25) is 11.7 Å². The lowest BCUT2D eigenvalue weighted by Gasteiger charge is -2.06. The number of hydrogen-bond acceptors (Lipinski definition) is 6. The second kappa shape index (κ2) is 7.00. The minimum Gasteiger partial charge on any atom is -0.484 e. The summed E-state index contributed by atoms with van der Waals surface area (Å²) < 4.78 is 10.7. The number of nitrogens with two attached hydrogens (primary N) is 1. The van der Waals surface area contributed by atoms with Gasteiger partial charge in [-0.25, -0.2) is 0 Å². The van der Waals surface area contributed by atoms with E-state index in [1.807, 2.05) is 19.1 Å². The van der Waals surface area contributed by atoms with Crippen LogP contribution < -0.4 is 10.5 Å². The molecule has 0 spiro atoms. The molecule has 0 aromatic carbocycles. The minimum atomic E-state index is 0.102. The zero-order valence-corrected chi connectivity index (χ0v) is 11.9. The van der Waals surface area contributed by atoms with Gasteiger partial charge in [0.05, 0.1) is 6.20 Å². The largest absolute Gasteiger partial charge is 0.484 e. The Bertz CT molecular complexity index is 522. The number of nitrogens with zero attached hydrogens (tertiary/aromatic N) is 3. The van der Waals surface area contributed by atoms with Crippen LogP contribution in [0.25, 0.3) is 0 Å². The first-order chi connectivity index (χ1) is 9.67. The van der Waals surface area contributed by atoms with Crippen LogP contribution in [0, 0.1) is 0 Å². The molecule has 108 valence electrons. The first-order valence-corrected chi connectivity index (χ1v) is 6.82. The summed E-state index contributed by atoms with van der Waals surface area (Å²) in [5.74, 6) is 1.88. The number of ether oxygens (including phenoxy) is 1. The Morgan fingerprint density at radius 3 is 2.90 bits per heavy atom. The number of aromatic nitrogens is 3. The van der Waals surface area contributed by atoms with Crippen molar-refractivity contribution in [2.75, 3.05) is 0 Å². The molecule has 1 unspecified atom stereocenters. The lowest BCUT2D eigenvalue weighted by Crippen LogP contribution is -2.18. The summed E-state index contributed by atoms with van der Waals surface area (Å²) in [6.45, 7) is 4.30. The van der Waals surface area contributed by atoms with Gasteiger partial charge in [-0.2, -0.15) is 4.98 Å². The fourth-order valence-corrected chi connectivity index (χ4v) is 1.76. The first-order valence-electron chi connectivity index (χ1n) is 6.82. The van der Waals surface area contributed by atoms with Crippen molar-refractivity contribution < 1.29 is 9.26 Å². The van der Waals surface area contributed by atoms with Gasteiger partial charge in [0.1, 0.15) is 5.75 Å². The molecule has 2 rings (SSSR count). The Balaban J connectivity index is 1.86. The quantitative estimate of drug-likeness (QED) is 0.831. The van der Waals surface area contributed by atoms with Crippen molar-refractivity contribution in [1.82, 2.24) is 15.1 Å². The monoisotopic (exact) mass is 276 g/mol. The fourth-order valence-electron chi connectivity index (χ4n) is 1.76. The third-order valence-corrected chi connectivity index (χ3v) is 2.67. The molecule has 2 aromatic heterocycles. The Kier molecular flexibility index (Phi) is 5.06. The molecule has 0 saturated carbocycles. The van der Waals surface area contributed by atoms with Crippen LogP contribution in [0.15, 0.2) is 22.9 Å². The summed E-state index contributed by atoms with van der Waals surface area (Å²) >= 11 is 0. The lowest BCUT2D eigenvalue weighted by molar-refractivity contribution is 0.284. The van der Waals surface area contributed by atoms with E-state index in [0.29, 0.717) is 17.5 Å². The maximum Gasteiger partial charge on any atom is 0.226 e. The van der Waals surface area contributed by atoms with Crippen molar-refractivity contribution in [1.29, 1.82) is 0 Å². The van der Waals surface area contributed by atoms with Gasteiger partial charge in [-0.15, -0.1) is 0 Å².